The van der Waals surface area contributed by atoms with Gasteiger partial charge >= 0.3 is 5.97 Å². The Hall–Kier alpha value is -0.810. The summed E-state index contributed by atoms with van der Waals surface area (Å²) in [6.07, 6.45) is 3.58. The Balaban J connectivity index is 0.00000289. The third-order valence-electron chi connectivity index (χ3n) is 3.01. The Bertz CT molecular complexity index is 274. The van der Waals surface area contributed by atoms with Crippen molar-refractivity contribution in [2.45, 2.75) is 45.1 Å². The average Bonchev–Trinajstić information content (AvgIpc) is 2.71. The van der Waals surface area contributed by atoms with Crippen molar-refractivity contribution in [2.75, 3.05) is 13.2 Å². The summed E-state index contributed by atoms with van der Waals surface area (Å²) < 4.78 is 4.79. The monoisotopic (exact) mass is 278 g/mol. The molecule has 2 unspecified atom stereocenters. The Morgan fingerprint density at radius 1 is 1.39 bits per heavy atom. The maximum atomic E-state index is 11.7. The van der Waals surface area contributed by atoms with Gasteiger partial charge in [-0.1, -0.05) is 0 Å². The molecule has 5 nitrogen and oxygen atoms in total. The second-order valence-corrected chi connectivity index (χ2v) is 4.47. The number of esters is 1. The van der Waals surface area contributed by atoms with Gasteiger partial charge in [-0.15, -0.1) is 12.4 Å². The highest BCUT2D eigenvalue weighted by Crippen LogP contribution is 2.23. The highest BCUT2D eigenvalue weighted by Gasteiger charge is 2.27. The van der Waals surface area contributed by atoms with Crippen LogP contribution in [0.3, 0.4) is 0 Å². The number of amides is 1. The summed E-state index contributed by atoms with van der Waals surface area (Å²) in [7, 11) is 0. The molecule has 0 spiro atoms. The molecule has 2 atom stereocenters. The molecule has 106 valence electrons. The molecule has 1 amide bonds. The number of ether oxygens (including phenoxy) is 1. The molecule has 0 aromatic carbocycles. The summed E-state index contributed by atoms with van der Waals surface area (Å²) in [6.45, 7) is 2.72. The van der Waals surface area contributed by atoms with E-state index in [1.165, 1.54) is 0 Å². The fraction of sp³-hybridized carbons (Fsp3) is 0.833. The van der Waals surface area contributed by atoms with Crippen LogP contribution in [0.2, 0.25) is 0 Å². The number of carbonyl (C=O) groups excluding carboxylic acids is 2. The molecule has 0 saturated heterocycles. The van der Waals surface area contributed by atoms with E-state index in [1.54, 1.807) is 6.92 Å². The fourth-order valence-corrected chi connectivity index (χ4v) is 2.08. The van der Waals surface area contributed by atoms with Gasteiger partial charge in [0.25, 0.3) is 0 Å². The van der Waals surface area contributed by atoms with Crippen LogP contribution < -0.4 is 11.1 Å². The van der Waals surface area contributed by atoms with Crippen LogP contribution in [0, 0.1) is 5.92 Å². The Labute approximate surface area is 114 Å². The zero-order valence-corrected chi connectivity index (χ0v) is 11.6. The zero-order valence-electron chi connectivity index (χ0n) is 10.8. The molecule has 1 aliphatic carbocycles. The molecule has 0 aromatic rings. The Morgan fingerprint density at radius 3 is 2.67 bits per heavy atom. The molecule has 6 heteroatoms. The lowest BCUT2D eigenvalue weighted by molar-refractivity contribution is -0.143. The number of hydrogen-bond donors (Lipinski definition) is 2. The SMILES string of the molecule is CCOC(=O)CCCNC(=O)C1CCC(N)C1.Cl. The van der Waals surface area contributed by atoms with Gasteiger partial charge in [0.2, 0.25) is 5.91 Å². The van der Waals surface area contributed by atoms with Gasteiger partial charge < -0.3 is 15.8 Å². The van der Waals surface area contributed by atoms with Gasteiger partial charge in [-0.25, -0.2) is 0 Å². The topological polar surface area (TPSA) is 81.4 Å². The van der Waals surface area contributed by atoms with E-state index in [2.05, 4.69) is 5.32 Å². The van der Waals surface area contributed by atoms with Crippen LogP contribution in [-0.4, -0.2) is 31.1 Å². The molecular formula is C12H23ClN2O3. The Kier molecular flexibility index (Phi) is 8.75. The van der Waals surface area contributed by atoms with E-state index < -0.39 is 0 Å². The predicted octanol–water partition coefficient (Wildman–Crippen LogP) is 0.995. The van der Waals surface area contributed by atoms with E-state index in [0.717, 1.165) is 19.3 Å². The van der Waals surface area contributed by atoms with E-state index in [4.69, 9.17) is 10.5 Å². The summed E-state index contributed by atoms with van der Waals surface area (Å²) in [5, 5.41) is 2.84. The quantitative estimate of drug-likeness (QED) is 0.561. The molecule has 0 heterocycles. The highest BCUT2D eigenvalue weighted by molar-refractivity contribution is 5.85. The van der Waals surface area contributed by atoms with Gasteiger partial charge in [0.05, 0.1) is 6.61 Å². The van der Waals surface area contributed by atoms with Crippen LogP contribution >= 0.6 is 12.4 Å². The van der Waals surface area contributed by atoms with Gasteiger partial charge in [-0.2, -0.15) is 0 Å². The van der Waals surface area contributed by atoms with Crippen molar-refractivity contribution < 1.29 is 14.3 Å². The van der Waals surface area contributed by atoms with Crippen LogP contribution in [-0.2, 0) is 14.3 Å². The van der Waals surface area contributed by atoms with Gasteiger partial charge in [-0.05, 0) is 32.6 Å². The van der Waals surface area contributed by atoms with Gasteiger partial charge in [0.1, 0.15) is 0 Å². The highest BCUT2D eigenvalue weighted by atomic mass is 35.5. The van der Waals surface area contributed by atoms with E-state index >= 15 is 0 Å². The first-order valence-electron chi connectivity index (χ1n) is 6.32. The van der Waals surface area contributed by atoms with Crippen LogP contribution in [0.25, 0.3) is 0 Å². The largest absolute Gasteiger partial charge is 0.466 e. The normalized spacial score (nSPS) is 22.1. The third-order valence-corrected chi connectivity index (χ3v) is 3.01. The van der Waals surface area contributed by atoms with Crippen molar-refractivity contribution in [3.8, 4) is 0 Å². The lowest BCUT2D eigenvalue weighted by Crippen LogP contribution is -2.31. The summed E-state index contributed by atoms with van der Waals surface area (Å²) in [5.41, 5.74) is 5.75. The minimum Gasteiger partial charge on any atom is -0.466 e. The molecule has 1 fully saturated rings. The molecule has 1 saturated carbocycles. The maximum absolute atomic E-state index is 11.7. The number of carbonyl (C=O) groups is 2. The number of rotatable bonds is 6. The maximum Gasteiger partial charge on any atom is 0.305 e. The van der Waals surface area contributed by atoms with Crippen LogP contribution in [0.5, 0.6) is 0 Å². The van der Waals surface area contributed by atoms with Gasteiger partial charge in [-0.3, -0.25) is 9.59 Å². The van der Waals surface area contributed by atoms with E-state index in [1.807, 2.05) is 0 Å². The standard InChI is InChI=1S/C12H22N2O3.ClH/c1-2-17-11(15)4-3-7-14-12(16)9-5-6-10(13)8-9;/h9-10H,2-8,13H2,1H3,(H,14,16);1H. The third kappa shape index (κ3) is 6.21. The first kappa shape index (κ1) is 17.2. The molecule has 1 rings (SSSR count). The van der Waals surface area contributed by atoms with Crippen molar-refractivity contribution >= 4 is 24.3 Å². The summed E-state index contributed by atoms with van der Waals surface area (Å²) >= 11 is 0. The molecule has 0 bridgehead atoms. The minimum absolute atomic E-state index is 0. The number of halogens is 1. The van der Waals surface area contributed by atoms with Crippen molar-refractivity contribution in [1.29, 1.82) is 0 Å². The molecular weight excluding hydrogens is 256 g/mol. The lowest BCUT2D eigenvalue weighted by Gasteiger charge is -2.10. The van der Waals surface area contributed by atoms with E-state index in [9.17, 15) is 9.59 Å². The second-order valence-electron chi connectivity index (χ2n) is 4.47. The van der Waals surface area contributed by atoms with Crippen molar-refractivity contribution in [1.82, 2.24) is 5.32 Å². The number of hydrogen-bond acceptors (Lipinski definition) is 4. The summed E-state index contributed by atoms with van der Waals surface area (Å²) in [5.74, 6) is -0.0703. The first-order chi connectivity index (χ1) is 8.13. The van der Waals surface area contributed by atoms with E-state index in [-0.39, 0.29) is 36.2 Å². The predicted molar refractivity (Wildman–Crippen MR) is 71.4 cm³/mol. The van der Waals surface area contributed by atoms with Crippen molar-refractivity contribution in [2.24, 2.45) is 11.7 Å². The fourth-order valence-electron chi connectivity index (χ4n) is 2.08. The van der Waals surface area contributed by atoms with Crippen molar-refractivity contribution in [3.63, 3.8) is 0 Å². The average molecular weight is 279 g/mol. The summed E-state index contributed by atoms with van der Waals surface area (Å²) in [6, 6.07) is 0.172. The lowest BCUT2D eigenvalue weighted by atomic mass is 10.1. The Morgan fingerprint density at radius 2 is 2.11 bits per heavy atom. The second kappa shape index (κ2) is 9.16. The van der Waals surface area contributed by atoms with Crippen molar-refractivity contribution in [3.05, 3.63) is 0 Å². The summed E-state index contributed by atoms with van der Waals surface area (Å²) in [4.78, 5) is 22.7. The number of nitrogens with two attached hydrogens (primary N) is 1. The van der Waals surface area contributed by atoms with Crippen LogP contribution in [0.4, 0.5) is 0 Å². The molecule has 18 heavy (non-hydrogen) atoms. The number of nitrogens with one attached hydrogen (secondary N) is 1. The van der Waals surface area contributed by atoms with Gasteiger partial charge in [0.15, 0.2) is 0 Å². The molecule has 3 N–H and O–H groups in total. The molecule has 0 radical (unpaired) electrons. The molecule has 0 aliphatic heterocycles. The van der Waals surface area contributed by atoms with Crippen LogP contribution in [0.15, 0.2) is 0 Å². The van der Waals surface area contributed by atoms with Crippen LogP contribution in [0.1, 0.15) is 39.0 Å². The smallest absolute Gasteiger partial charge is 0.305 e. The van der Waals surface area contributed by atoms with E-state index in [0.29, 0.717) is 26.0 Å². The molecule has 0 aromatic heterocycles. The molecule has 1 aliphatic rings. The minimum atomic E-state index is -0.204. The zero-order chi connectivity index (χ0) is 12.7. The van der Waals surface area contributed by atoms with Gasteiger partial charge in [0, 0.05) is 24.9 Å². The first-order valence-corrected chi connectivity index (χ1v) is 6.32.